The summed E-state index contributed by atoms with van der Waals surface area (Å²) in [6, 6.07) is 1.41. The molecule has 0 aliphatic carbocycles. The Hall–Kier alpha value is 0.434. The molecule has 0 aliphatic heterocycles. The summed E-state index contributed by atoms with van der Waals surface area (Å²) in [5, 5.41) is 0. The molecule has 0 spiro atoms. The van der Waals surface area contributed by atoms with Crippen LogP contribution in [-0.4, -0.2) is 15.2 Å². The standard InChI is InChI=1S/C8H21Si2/c1-7-8-10(5,6)9(2,3)4/h7H,8H2,1-6H3. The van der Waals surface area contributed by atoms with Crippen molar-refractivity contribution >= 4 is 15.2 Å². The Kier molecular flexibility index (Phi) is 3.36. The van der Waals surface area contributed by atoms with E-state index in [0.29, 0.717) is 0 Å². The summed E-state index contributed by atoms with van der Waals surface area (Å²) in [4.78, 5) is 0. The van der Waals surface area contributed by atoms with Crippen LogP contribution in [0.3, 0.4) is 0 Å². The van der Waals surface area contributed by atoms with Gasteiger partial charge in [0.05, 0.1) is 0 Å². The van der Waals surface area contributed by atoms with E-state index in [9.17, 15) is 0 Å². The first-order valence-electron chi connectivity index (χ1n) is 4.09. The molecule has 0 nitrogen and oxygen atoms in total. The quantitative estimate of drug-likeness (QED) is 0.574. The van der Waals surface area contributed by atoms with Crippen molar-refractivity contribution in [3.63, 3.8) is 0 Å². The van der Waals surface area contributed by atoms with E-state index >= 15 is 0 Å². The van der Waals surface area contributed by atoms with Gasteiger partial charge in [0.2, 0.25) is 0 Å². The molecule has 2 heteroatoms. The summed E-state index contributed by atoms with van der Waals surface area (Å²) in [5.74, 6) is 0. The van der Waals surface area contributed by atoms with Crippen LogP contribution < -0.4 is 0 Å². The highest BCUT2D eigenvalue weighted by Gasteiger charge is 2.35. The van der Waals surface area contributed by atoms with Crippen molar-refractivity contribution in [1.29, 1.82) is 0 Å². The van der Waals surface area contributed by atoms with Crippen molar-refractivity contribution in [3.05, 3.63) is 6.42 Å². The van der Waals surface area contributed by atoms with Crippen molar-refractivity contribution < 1.29 is 0 Å². The van der Waals surface area contributed by atoms with Gasteiger partial charge in [-0.25, -0.2) is 0 Å². The molecule has 0 heterocycles. The molecule has 0 aromatic carbocycles. The molecule has 0 unspecified atom stereocenters. The number of hydrogen-bond donors (Lipinski definition) is 0. The number of hydrogen-bond acceptors (Lipinski definition) is 0. The van der Waals surface area contributed by atoms with Gasteiger partial charge in [0.25, 0.3) is 0 Å². The first kappa shape index (κ1) is 10.4. The fourth-order valence-corrected chi connectivity index (χ4v) is 4.90. The fourth-order valence-electron chi connectivity index (χ4n) is 0.816. The zero-order valence-electron chi connectivity index (χ0n) is 8.28. The summed E-state index contributed by atoms with van der Waals surface area (Å²) in [6.07, 6.45) is 2.35. The Morgan fingerprint density at radius 3 is 1.50 bits per heavy atom. The van der Waals surface area contributed by atoms with Crippen molar-refractivity contribution in [1.82, 2.24) is 0 Å². The van der Waals surface area contributed by atoms with Crippen molar-refractivity contribution in [2.24, 2.45) is 0 Å². The molecule has 0 bridgehead atoms. The lowest BCUT2D eigenvalue weighted by molar-refractivity contribution is 1.34. The third-order valence-corrected chi connectivity index (χ3v) is 21.0. The molecule has 0 aliphatic rings. The first-order valence-corrected chi connectivity index (χ1v) is 11.8. The second kappa shape index (κ2) is 3.22. The molecule has 1 radical (unpaired) electrons. The van der Waals surface area contributed by atoms with E-state index in [4.69, 9.17) is 0 Å². The normalized spacial score (nSPS) is 13.8. The predicted molar refractivity (Wildman–Crippen MR) is 55.6 cm³/mol. The van der Waals surface area contributed by atoms with E-state index in [0.717, 1.165) is 0 Å². The van der Waals surface area contributed by atoms with Gasteiger partial charge in [-0.1, -0.05) is 45.7 Å². The lowest BCUT2D eigenvalue weighted by Crippen LogP contribution is -2.51. The van der Waals surface area contributed by atoms with Crippen LogP contribution in [0.5, 0.6) is 0 Å². The molecule has 0 atom stereocenters. The maximum atomic E-state index is 2.53. The molecule has 61 valence electrons. The van der Waals surface area contributed by atoms with Crippen molar-refractivity contribution in [3.8, 4) is 0 Å². The summed E-state index contributed by atoms with van der Waals surface area (Å²) in [5.41, 5.74) is 0. The maximum absolute atomic E-state index is 2.53. The van der Waals surface area contributed by atoms with Gasteiger partial charge >= 0.3 is 0 Å². The lowest BCUT2D eigenvalue weighted by atomic mass is 10.6. The Balaban J connectivity index is 4.10. The summed E-state index contributed by atoms with van der Waals surface area (Å²) < 4.78 is 0. The average molecular weight is 173 g/mol. The highest BCUT2D eigenvalue weighted by Crippen LogP contribution is 2.23. The monoisotopic (exact) mass is 173 g/mol. The molecule has 0 aromatic heterocycles. The summed E-state index contributed by atoms with van der Waals surface area (Å²) in [6.45, 7) is 14.8. The lowest BCUT2D eigenvalue weighted by Gasteiger charge is -2.35. The van der Waals surface area contributed by atoms with Gasteiger partial charge in [-0.05, 0) is 6.42 Å². The average Bonchev–Trinajstić information content (AvgIpc) is 1.61. The molecular formula is C8H21Si2. The Bertz CT molecular complexity index is 100. The van der Waals surface area contributed by atoms with Gasteiger partial charge in [0.15, 0.2) is 0 Å². The van der Waals surface area contributed by atoms with Crippen molar-refractivity contribution in [2.75, 3.05) is 0 Å². The minimum absolute atomic E-state index is 0.798. The number of rotatable bonds is 3. The molecule has 0 saturated carbocycles. The van der Waals surface area contributed by atoms with E-state index in [1.54, 1.807) is 0 Å². The van der Waals surface area contributed by atoms with Crippen LogP contribution in [0, 0.1) is 6.42 Å². The van der Waals surface area contributed by atoms with Gasteiger partial charge in [-0.3, -0.25) is 0 Å². The zero-order chi connectivity index (χ0) is 8.41. The van der Waals surface area contributed by atoms with Crippen LogP contribution in [0.1, 0.15) is 6.92 Å². The third kappa shape index (κ3) is 2.58. The molecule has 0 fully saturated rings. The summed E-state index contributed by atoms with van der Waals surface area (Å²) in [7, 11) is -1.62. The molecule has 0 N–H and O–H groups in total. The van der Waals surface area contributed by atoms with Crippen LogP contribution in [0.4, 0.5) is 0 Å². The van der Waals surface area contributed by atoms with Gasteiger partial charge in [-0.2, -0.15) is 0 Å². The van der Waals surface area contributed by atoms with Crippen LogP contribution >= 0.6 is 0 Å². The second-order valence-corrected chi connectivity index (χ2v) is 22.0. The third-order valence-electron chi connectivity index (χ3n) is 2.74. The van der Waals surface area contributed by atoms with E-state index in [2.05, 4.69) is 46.1 Å². The Labute approximate surface area is 67.8 Å². The maximum Gasteiger partial charge on any atom is 0.0412 e. The first-order chi connectivity index (χ1) is 4.31. The van der Waals surface area contributed by atoms with Crippen LogP contribution in [-0.2, 0) is 0 Å². The van der Waals surface area contributed by atoms with Gasteiger partial charge in [0, 0.05) is 15.2 Å². The second-order valence-electron chi connectivity index (χ2n) is 4.75. The highest BCUT2D eigenvalue weighted by molar-refractivity contribution is 7.40. The topological polar surface area (TPSA) is 0 Å². The molecule has 10 heavy (non-hydrogen) atoms. The fraction of sp³-hybridized carbons (Fsp3) is 0.875. The predicted octanol–water partition coefficient (Wildman–Crippen LogP) is 3.34. The largest absolute Gasteiger partial charge is 0.0715 e. The Morgan fingerprint density at radius 2 is 1.40 bits per heavy atom. The van der Waals surface area contributed by atoms with E-state index < -0.39 is 15.2 Å². The minimum Gasteiger partial charge on any atom is -0.0715 e. The van der Waals surface area contributed by atoms with E-state index in [1.165, 1.54) is 6.04 Å². The molecule has 0 aromatic rings. The molecule has 0 saturated heterocycles. The molecule has 0 amide bonds. The van der Waals surface area contributed by atoms with Crippen LogP contribution in [0.25, 0.3) is 0 Å². The van der Waals surface area contributed by atoms with Crippen LogP contribution in [0.2, 0.25) is 38.8 Å². The van der Waals surface area contributed by atoms with E-state index in [1.807, 2.05) is 0 Å². The highest BCUT2D eigenvalue weighted by atomic mass is 29.3. The summed E-state index contributed by atoms with van der Waals surface area (Å²) >= 11 is 0. The van der Waals surface area contributed by atoms with Gasteiger partial charge in [0.1, 0.15) is 0 Å². The minimum atomic E-state index is -0.822. The zero-order valence-corrected chi connectivity index (χ0v) is 10.3. The smallest absolute Gasteiger partial charge is 0.0412 e. The van der Waals surface area contributed by atoms with E-state index in [-0.39, 0.29) is 0 Å². The molecule has 0 rings (SSSR count). The van der Waals surface area contributed by atoms with Crippen molar-refractivity contribution in [2.45, 2.75) is 45.7 Å². The van der Waals surface area contributed by atoms with Crippen LogP contribution in [0.15, 0.2) is 0 Å². The van der Waals surface area contributed by atoms with Gasteiger partial charge < -0.3 is 0 Å². The SMILES string of the molecule is C[CH]C[Si](C)(C)[Si](C)(C)C. The van der Waals surface area contributed by atoms with Gasteiger partial charge in [-0.15, -0.1) is 0 Å². The Morgan fingerprint density at radius 1 is 1.00 bits per heavy atom. The molecular weight excluding hydrogens is 152 g/mol.